The van der Waals surface area contributed by atoms with Gasteiger partial charge in [0.05, 0.1) is 11.5 Å². The molecule has 8 heteroatoms. The Morgan fingerprint density at radius 3 is 2.59 bits per heavy atom. The molecule has 1 heterocycles. The molecule has 3 rings (SSSR count). The van der Waals surface area contributed by atoms with Crippen LogP contribution in [0.4, 0.5) is 5.95 Å². The number of ether oxygens (including phenoxy) is 1. The van der Waals surface area contributed by atoms with E-state index in [2.05, 4.69) is 25.7 Å². The summed E-state index contributed by atoms with van der Waals surface area (Å²) in [6, 6.07) is 19.4. The first-order valence-electron chi connectivity index (χ1n) is 8.31. The number of hydrazone groups is 1. The molecule has 0 saturated carbocycles. The van der Waals surface area contributed by atoms with Crippen molar-refractivity contribution in [1.82, 2.24) is 15.2 Å². The number of hydrogen-bond acceptors (Lipinski definition) is 7. The lowest BCUT2D eigenvalue weighted by molar-refractivity contribution is -0.141. The standard InChI is InChI=1S/C19H19N5O2S/c1-14(16-10-6-3-7-11-16)21-22-18-20-19(24-23-18)27-13-17(25)26-12-15-8-4-2-5-9-15/h2-11H,12-13H2,1H3,(H2,20,22,23,24)/b21-14+. The monoisotopic (exact) mass is 381 g/mol. The van der Waals surface area contributed by atoms with Crippen LogP contribution in [-0.4, -0.2) is 32.6 Å². The van der Waals surface area contributed by atoms with Crippen LogP contribution in [0, 0.1) is 0 Å². The molecule has 0 aliphatic rings. The second kappa shape index (κ2) is 9.54. The molecule has 3 aromatic rings. The SMILES string of the molecule is C/C(=N\Nc1nc(SCC(=O)OCc2ccccc2)n[nH]1)c1ccccc1. The van der Waals surface area contributed by atoms with Crippen molar-refractivity contribution in [2.75, 3.05) is 11.2 Å². The van der Waals surface area contributed by atoms with Crippen LogP contribution in [0.3, 0.4) is 0 Å². The minimum atomic E-state index is -0.318. The number of esters is 1. The van der Waals surface area contributed by atoms with Gasteiger partial charge in [0, 0.05) is 0 Å². The second-order valence-electron chi connectivity index (χ2n) is 5.58. The summed E-state index contributed by atoms with van der Waals surface area (Å²) in [7, 11) is 0. The van der Waals surface area contributed by atoms with Gasteiger partial charge in [0.25, 0.3) is 0 Å². The Hall–Kier alpha value is -3.13. The predicted octanol–water partition coefficient (Wildman–Crippen LogP) is 3.48. The number of aromatic amines is 1. The van der Waals surface area contributed by atoms with Crippen LogP contribution in [-0.2, 0) is 16.1 Å². The average Bonchev–Trinajstić information content (AvgIpc) is 3.18. The number of rotatable bonds is 8. The van der Waals surface area contributed by atoms with Crippen molar-refractivity contribution in [3.8, 4) is 0 Å². The van der Waals surface area contributed by atoms with Crippen LogP contribution >= 0.6 is 11.8 Å². The zero-order valence-corrected chi connectivity index (χ0v) is 15.6. The van der Waals surface area contributed by atoms with E-state index in [-0.39, 0.29) is 18.3 Å². The topological polar surface area (TPSA) is 92.3 Å². The van der Waals surface area contributed by atoms with Gasteiger partial charge in [0.1, 0.15) is 6.61 Å². The number of H-pyrrole nitrogens is 1. The van der Waals surface area contributed by atoms with Crippen molar-refractivity contribution in [1.29, 1.82) is 0 Å². The van der Waals surface area contributed by atoms with E-state index in [1.807, 2.05) is 67.6 Å². The second-order valence-corrected chi connectivity index (χ2v) is 6.52. The van der Waals surface area contributed by atoms with Gasteiger partial charge in [0.15, 0.2) is 0 Å². The van der Waals surface area contributed by atoms with E-state index >= 15 is 0 Å². The zero-order chi connectivity index (χ0) is 18.9. The highest BCUT2D eigenvalue weighted by Crippen LogP contribution is 2.15. The molecule has 0 spiro atoms. The maximum absolute atomic E-state index is 11.8. The molecule has 0 aliphatic carbocycles. The number of thioether (sulfide) groups is 1. The van der Waals surface area contributed by atoms with Crippen molar-refractivity contribution in [2.24, 2.45) is 5.10 Å². The van der Waals surface area contributed by atoms with Gasteiger partial charge in [-0.25, -0.2) is 10.5 Å². The van der Waals surface area contributed by atoms with Gasteiger partial charge in [0.2, 0.25) is 11.1 Å². The molecule has 0 aliphatic heterocycles. The summed E-state index contributed by atoms with van der Waals surface area (Å²) < 4.78 is 5.22. The van der Waals surface area contributed by atoms with E-state index in [1.54, 1.807) is 0 Å². The summed E-state index contributed by atoms with van der Waals surface area (Å²) in [5, 5.41) is 11.5. The summed E-state index contributed by atoms with van der Waals surface area (Å²) >= 11 is 1.20. The highest BCUT2D eigenvalue weighted by molar-refractivity contribution is 7.99. The Morgan fingerprint density at radius 2 is 1.85 bits per heavy atom. The number of nitrogens with one attached hydrogen (secondary N) is 2. The molecule has 0 bridgehead atoms. The first kappa shape index (κ1) is 18.7. The number of nitrogens with zero attached hydrogens (tertiary/aromatic N) is 3. The Kier molecular flexibility index (Phi) is 6.59. The largest absolute Gasteiger partial charge is 0.460 e. The lowest BCUT2D eigenvalue weighted by Crippen LogP contribution is -2.07. The van der Waals surface area contributed by atoms with E-state index in [1.165, 1.54) is 11.8 Å². The maximum Gasteiger partial charge on any atom is 0.316 e. The molecule has 0 amide bonds. The number of carbonyl (C=O) groups excluding carboxylic acids is 1. The third-order valence-electron chi connectivity index (χ3n) is 3.55. The lowest BCUT2D eigenvalue weighted by atomic mass is 10.1. The van der Waals surface area contributed by atoms with E-state index in [0.717, 1.165) is 16.8 Å². The van der Waals surface area contributed by atoms with Crippen molar-refractivity contribution in [3.63, 3.8) is 0 Å². The van der Waals surface area contributed by atoms with E-state index in [0.29, 0.717) is 11.1 Å². The normalized spacial score (nSPS) is 11.2. The van der Waals surface area contributed by atoms with Crippen molar-refractivity contribution < 1.29 is 9.53 Å². The van der Waals surface area contributed by atoms with Crippen LogP contribution in [0.1, 0.15) is 18.1 Å². The molecule has 2 N–H and O–H groups in total. The highest BCUT2D eigenvalue weighted by atomic mass is 32.2. The molecule has 7 nitrogen and oxygen atoms in total. The molecular weight excluding hydrogens is 362 g/mol. The number of anilines is 1. The molecule has 0 saturated heterocycles. The van der Waals surface area contributed by atoms with Crippen LogP contribution in [0.25, 0.3) is 0 Å². The summed E-state index contributed by atoms with van der Waals surface area (Å²) in [6.07, 6.45) is 0. The van der Waals surface area contributed by atoms with E-state index in [9.17, 15) is 4.79 Å². The van der Waals surface area contributed by atoms with Gasteiger partial charge < -0.3 is 4.74 Å². The van der Waals surface area contributed by atoms with Crippen LogP contribution in [0.5, 0.6) is 0 Å². The highest BCUT2D eigenvalue weighted by Gasteiger charge is 2.09. The molecule has 0 unspecified atom stereocenters. The smallest absolute Gasteiger partial charge is 0.316 e. The zero-order valence-electron chi connectivity index (χ0n) is 14.8. The van der Waals surface area contributed by atoms with Gasteiger partial charge >= 0.3 is 5.97 Å². The fraction of sp³-hybridized carbons (Fsp3) is 0.158. The van der Waals surface area contributed by atoms with Crippen LogP contribution < -0.4 is 5.43 Å². The molecule has 0 radical (unpaired) electrons. The van der Waals surface area contributed by atoms with Gasteiger partial charge in [-0.3, -0.25) is 4.79 Å². The average molecular weight is 381 g/mol. The van der Waals surface area contributed by atoms with E-state index < -0.39 is 0 Å². The number of carbonyl (C=O) groups is 1. The minimum absolute atomic E-state index is 0.135. The molecular formula is C19H19N5O2S. The summed E-state index contributed by atoms with van der Waals surface area (Å²) in [4.78, 5) is 16.1. The van der Waals surface area contributed by atoms with Gasteiger partial charge in [-0.05, 0) is 18.1 Å². The van der Waals surface area contributed by atoms with Crippen LogP contribution in [0.2, 0.25) is 0 Å². The molecule has 2 aromatic carbocycles. The molecule has 0 fully saturated rings. The first-order valence-corrected chi connectivity index (χ1v) is 9.30. The van der Waals surface area contributed by atoms with Gasteiger partial charge in [-0.2, -0.15) is 10.1 Å². The third kappa shape index (κ3) is 5.96. The quantitative estimate of drug-likeness (QED) is 0.269. The fourth-order valence-corrected chi connectivity index (χ4v) is 2.74. The van der Waals surface area contributed by atoms with Crippen molar-refractivity contribution >= 4 is 29.4 Å². The number of aromatic nitrogens is 3. The first-order chi connectivity index (χ1) is 13.2. The van der Waals surface area contributed by atoms with Crippen molar-refractivity contribution in [2.45, 2.75) is 18.7 Å². The summed E-state index contributed by atoms with van der Waals surface area (Å²) in [5.74, 6) is 0.225. The molecule has 1 aromatic heterocycles. The van der Waals surface area contributed by atoms with Crippen molar-refractivity contribution in [3.05, 3.63) is 71.8 Å². The third-order valence-corrected chi connectivity index (χ3v) is 4.37. The molecule has 27 heavy (non-hydrogen) atoms. The Labute approximate surface area is 161 Å². The predicted molar refractivity (Wildman–Crippen MR) is 106 cm³/mol. The lowest BCUT2D eigenvalue weighted by Gasteiger charge is -2.03. The fourth-order valence-electron chi connectivity index (χ4n) is 2.14. The minimum Gasteiger partial charge on any atom is -0.460 e. The Morgan fingerprint density at radius 1 is 1.15 bits per heavy atom. The number of hydrogen-bond donors (Lipinski definition) is 2. The number of benzene rings is 2. The molecule has 138 valence electrons. The molecule has 0 atom stereocenters. The summed E-state index contributed by atoms with van der Waals surface area (Å²) in [5.41, 5.74) is 5.62. The summed E-state index contributed by atoms with van der Waals surface area (Å²) in [6.45, 7) is 2.16. The van der Waals surface area contributed by atoms with Gasteiger partial charge in [-0.1, -0.05) is 72.4 Å². The van der Waals surface area contributed by atoms with Gasteiger partial charge in [-0.15, -0.1) is 5.10 Å². The Bertz CT molecular complexity index is 897. The van der Waals surface area contributed by atoms with E-state index in [4.69, 9.17) is 4.74 Å². The van der Waals surface area contributed by atoms with Crippen LogP contribution in [0.15, 0.2) is 70.9 Å². The Balaban J connectivity index is 1.44. The maximum atomic E-state index is 11.8.